The van der Waals surface area contributed by atoms with Crippen LogP contribution in [0.5, 0.6) is 0 Å². The number of nitrogens with zero attached hydrogens (tertiary/aromatic N) is 1. The topological polar surface area (TPSA) is 29.5 Å². The minimum Gasteiger partial charge on any atom is -0.377 e. The molecule has 2 fully saturated rings. The summed E-state index contributed by atoms with van der Waals surface area (Å²) < 4.78 is 5.36. The van der Waals surface area contributed by atoms with E-state index in [1.807, 2.05) is 4.90 Å². The zero-order valence-corrected chi connectivity index (χ0v) is 8.16. The summed E-state index contributed by atoms with van der Waals surface area (Å²) in [5.74, 6) is 0.724. The highest BCUT2D eigenvalue weighted by Crippen LogP contribution is 2.32. The molecule has 1 amide bonds. The van der Waals surface area contributed by atoms with Crippen molar-refractivity contribution in [3.05, 3.63) is 0 Å². The quantitative estimate of drug-likeness (QED) is 0.640. The number of carbonyl (C=O) groups excluding carboxylic acids is 1. The van der Waals surface area contributed by atoms with Gasteiger partial charge in [0.25, 0.3) is 0 Å². The highest BCUT2D eigenvalue weighted by atomic mass is 16.5. The molecule has 3 heteroatoms. The lowest BCUT2D eigenvalue weighted by Gasteiger charge is -2.35. The van der Waals surface area contributed by atoms with E-state index in [0.29, 0.717) is 17.9 Å². The highest BCUT2D eigenvalue weighted by Gasteiger charge is 2.36. The van der Waals surface area contributed by atoms with E-state index in [2.05, 4.69) is 6.92 Å². The van der Waals surface area contributed by atoms with Crippen LogP contribution in [-0.2, 0) is 9.53 Å². The number of rotatable bonds is 2. The normalized spacial score (nSPS) is 29.0. The lowest BCUT2D eigenvalue weighted by Crippen LogP contribution is -2.48. The van der Waals surface area contributed by atoms with Gasteiger partial charge in [-0.1, -0.05) is 6.92 Å². The minimum absolute atomic E-state index is 0.335. The van der Waals surface area contributed by atoms with E-state index in [1.165, 1.54) is 0 Å². The van der Waals surface area contributed by atoms with Gasteiger partial charge < -0.3 is 9.64 Å². The number of amides is 1. The molecule has 1 atom stereocenters. The molecule has 0 N–H and O–H groups in total. The van der Waals surface area contributed by atoms with Crippen LogP contribution >= 0.6 is 0 Å². The van der Waals surface area contributed by atoms with Gasteiger partial charge in [-0.3, -0.25) is 4.79 Å². The maximum Gasteiger partial charge on any atom is 0.226 e. The summed E-state index contributed by atoms with van der Waals surface area (Å²) in [6.45, 7) is 4.37. The van der Waals surface area contributed by atoms with Crippen molar-refractivity contribution >= 4 is 5.91 Å². The van der Waals surface area contributed by atoms with Gasteiger partial charge in [0.05, 0.1) is 19.3 Å². The zero-order valence-electron chi connectivity index (χ0n) is 8.16. The van der Waals surface area contributed by atoms with Crippen LogP contribution < -0.4 is 0 Å². The minimum atomic E-state index is 0.335. The Hall–Kier alpha value is -0.570. The number of carbonyl (C=O) groups is 1. The molecule has 2 aliphatic rings. The van der Waals surface area contributed by atoms with Crippen LogP contribution in [0.4, 0.5) is 0 Å². The second kappa shape index (κ2) is 3.66. The summed E-state index contributed by atoms with van der Waals surface area (Å²) in [6.07, 6.45) is 3.22. The summed E-state index contributed by atoms with van der Waals surface area (Å²) in [4.78, 5) is 13.8. The fourth-order valence-corrected chi connectivity index (χ4v) is 1.85. The Kier molecular flexibility index (Phi) is 2.54. The second-order valence-electron chi connectivity index (χ2n) is 3.94. The van der Waals surface area contributed by atoms with Crippen molar-refractivity contribution < 1.29 is 9.53 Å². The molecule has 0 aromatic carbocycles. The van der Waals surface area contributed by atoms with Crippen LogP contribution in [0.25, 0.3) is 0 Å². The Morgan fingerprint density at radius 1 is 1.54 bits per heavy atom. The van der Waals surface area contributed by atoms with Crippen LogP contribution in [-0.4, -0.2) is 36.6 Å². The molecule has 0 aromatic rings. The molecule has 0 aromatic heterocycles. The Morgan fingerprint density at radius 2 is 2.31 bits per heavy atom. The van der Waals surface area contributed by atoms with Crippen LogP contribution in [0.3, 0.4) is 0 Å². The third kappa shape index (κ3) is 1.85. The molecule has 3 nitrogen and oxygen atoms in total. The zero-order chi connectivity index (χ0) is 9.26. The summed E-state index contributed by atoms with van der Waals surface area (Å²) in [6, 6.07) is 0.335. The van der Waals surface area contributed by atoms with Crippen LogP contribution in [0.15, 0.2) is 0 Å². The van der Waals surface area contributed by atoms with Crippen molar-refractivity contribution in [2.24, 2.45) is 5.92 Å². The Labute approximate surface area is 79.0 Å². The van der Waals surface area contributed by atoms with Crippen molar-refractivity contribution in [3.8, 4) is 0 Å². The standard InChI is InChI=1S/C10H17NO2/c1-2-9-7-13-6-5-11(9)10(12)8-3-4-8/h8-9H,2-7H2,1H3. The number of morpholine rings is 1. The molecule has 13 heavy (non-hydrogen) atoms. The smallest absolute Gasteiger partial charge is 0.226 e. The van der Waals surface area contributed by atoms with Gasteiger partial charge in [0.2, 0.25) is 5.91 Å². The molecule has 0 bridgehead atoms. The van der Waals surface area contributed by atoms with E-state index in [4.69, 9.17) is 4.74 Å². The van der Waals surface area contributed by atoms with Gasteiger partial charge in [-0.15, -0.1) is 0 Å². The van der Waals surface area contributed by atoms with Crippen molar-refractivity contribution in [2.45, 2.75) is 32.2 Å². The molecule has 1 saturated carbocycles. The maximum absolute atomic E-state index is 11.8. The Bertz CT molecular complexity index is 201. The Balaban J connectivity index is 1.96. The second-order valence-corrected chi connectivity index (χ2v) is 3.94. The van der Waals surface area contributed by atoms with Crippen molar-refractivity contribution in [3.63, 3.8) is 0 Å². The van der Waals surface area contributed by atoms with Gasteiger partial charge in [-0.05, 0) is 19.3 Å². The lowest BCUT2D eigenvalue weighted by molar-refractivity contribution is -0.141. The van der Waals surface area contributed by atoms with Gasteiger partial charge in [0, 0.05) is 12.5 Å². The molecular formula is C10H17NO2. The van der Waals surface area contributed by atoms with Gasteiger partial charge in [-0.2, -0.15) is 0 Å². The predicted molar refractivity (Wildman–Crippen MR) is 49.3 cm³/mol. The summed E-state index contributed by atoms with van der Waals surface area (Å²) in [5.41, 5.74) is 0. The maximum atomic E-state index is 11.8. The van der Waals surface area contributed by atoms with Gasteiger partial charge in [-0.25, -0.2) is 0 Å². The summed E-state index contributed by atoms with van der Waals surface area (Å²) >= 11 is 0. The van der Waals surface area contributed by atoms with Gasteiger partial charge >= 0.3 is 0 Å². The number of ether oxygens (including phenoxy) is 1. The van der Waals surface area contributed by atoms with Crippen molar-refractivity contribution in [1.82, 2.24) is 4.90 Å². The largest absolute Gasteiger partial charge is 0.377 e. The average Bonchev–Trinajstić information content (AvgIpc) is 3.00. The van der Waals surface area contributed by atoms with Gasteiger partial charge in [0.15, 0.2) is 0 Å². The molecular weight excluding hydrogens is 166 g/mol. The molecule has 0 radical (unpaired) electrons. The fourth-order valence-electron chi connectivity index (χ4n) is 1.85. The van der Waals surface area contributed by atoms with E-state index in [-0.39, 0.29) is 0 Å². The van der Waals surface area contributed by atoms with Crippen LogP contribution in [0.2, 0.25) is 0 Å². The SMILES string of the molecule is CCC1COCCN1C(=O)C1CC1. The first kappa shape index (κ1) is 9.00. The van der Waals surface area contributed by atoms with Gasteiger partial charge in [0.1, 0.15) is 0 Å². The fraction of sp³-hybridized carbons (Fsp3) is 0.900. The predicted octanol–water partition coefficient (Wildman–Crippen LogP) is 1.03. The summed E-state index contributed by atoms with van der Waals surface area (Å²) in [7, 11) is 0. The van der Waals surface area contributed by atoms with E-state index in [9.17, 15) is 4.79 Å². The summed E-state index contributed by atoms with van der Waals surface area (Å²) in [5, 5.41) is 0. The molecule has 1 aliphatic carbocycles. The van der Waals surface area contributed by atoms with Crippen molar-refractivity contribution in [1.29, 1.82) is 0 Å². The number of hydrogen-bond donors (Lipinski definition) is 0. The average molecular weight is 183 g/mol. The Morgan fingerprint density at radius 3 is 2.92 bits per heavy atom. The molecule has 2 rings (SSSR count). The van der Waals surface area contributed by atoms with E-state index >= 15 is 0 Å². The first-order chi connectivity index (χ1) is 6.33. The lowest BCUT2D eigenvalue weighted by atomic mass is 10.1. The third-order valence-corrected chi connectivity index (χ3v) is 2.91. The molecule has 1 aliphatic heterocycles. The van der Waals surface area contributed by atoms with Crippen molar-refractivity contribution in [2.75, 3.05) is 19.8 Å². The van der Waals surface area contributed by atoms with Crippen LogP contribution in [0, 0.1) is 5.92 Å². The molecule has 1 heterocycles. The molecule has 74 valence electrons. The highest BCUT2D eigenvalue weighted by molar-refractivity contribution is 5.81. The number of hydrogen-bond acceptors (Lipinski definition) is 2. The van der Waals surface area contributed by atoms with Crippen LogP contribution in [0.1, 0.15) is 26.2 Å². The molecule has 0 spiro atoms. The monoisotopic (exact) mass is 183 g/mol. The first-order valence-electron chi connectivity index (χ1n) is 5.21. The first-order valence-corrected chi connectivity index (χ1v) is 5.21. The molecule has 1 saturated heterocycles. The third-order valence-electron chi connectivity index (χ3n) is 2.91. The van der Waals surface area contributed by atoms with E-state index in [0.717, 1.165) is 39.0 Å². The van der Waals surface area contributed by atoms with E-state index < -0.39 is 0 Å². The molecule has 1 unspecified atom stereocenters. The van der Waals surface area contributed by atoms with E-state index in [1.54, 1.807) is 0 Å².